The van der Waals surface area contributed by atoms with Crippen LogP contribution in [0.4, 0.5) is 0 Å². The summed E-state index contributed by atoms with van der Waals surface area (Å²) in [7, 11) is 0. The molecule has 0 saturated carbocycles. The zero-order valence-electron chi connectivity index (χ0n) is 9.56. The maximum atomic E-state index is 9.20. The highest BCUT2D eigenvalue weighted by atomic mass is 32.1. The number of nitriles is 1. The fourth-order valence-electron chi connectivity index (χ4n) is 1.46. The van der Waals surface area contributed by atoms with Crippen molar-refractivity contribution in [3.8, 4) is 6.07 Å². The van der Waals surface area contributed by atoms with Gasteiger partial charge >= 0.3 is 0 Å². The van der Waals surface area contributed by atoms with Crippen LogP contribution in [-0.4, -0.2) is 10.2 Å². The minimum absolute atomic E-state index is 0.200. The van der Waals surface area contributed by atoms with Crippen molar-refractivity contribution in [2.75, 3.05) is 0 Å². The molecule has 0 aromatic heterocycles. The molecule has 0 saturated heterocycles. The van der Waals surface area contributed by atoms with Crippen LogP contribution in [0.25, 0.3) is 0 Å². The van der Waals surface area contributed by atoms with E-state index in [0.717, 1.165) is 11.1 Å². The molecule has 0 aliphatic rings. The Bertz CT molecular complexity index is 470. The predicted octanol–water partition coefficient (Wildman–Crippen LogP) is 0.225. The summed E-state index contributed by atoms with van der Waals surface area (Å²) in [6.45, 7) is 0.832. The first-order valence-electron chi connectivity index (χ1n) is 5.12. The molecule has 0 unspecified atom stereocenters. The van der Waals surface area contributed by atoms with Gasteiger partial charge in [-0.05, 0) is 35.6 Å². The van der Waals surface area contributed by atoms with Crippen LogP contribution in [0.1, 0.15) is 16.7 Å². The number of nitrogens with one attached hydrogen (secondary N) is 2. The van der Waals surface area contributed by atoms with Gasteiger partial charge in [0.05, 0.1) is 11.6 Å². The van der Waals surface area contributed by atoms with Crippen LogP contribution in [0.2, 0.25) is 0 Å². The molecule has 0 spiro atoms. The Labute approximate surface area is 116 Å². The molecule has 0 heterocycles. The van der Waals surface area contributed by atoms with Crippen molar-refractivity contribution < 1.29 is 0 Å². The summed E-state index contributed by atoms with van der Waals surface area (Å²) in [4.78, 5) is 0. The monoisotopic (exact) mass is 279 g/mol. The number of thiocarbonyl (C=S) groups is 2. The molecule has 0 aliphatic carbocycles. The van der Waals surface area contributed by atoms with Gasteiger partial charge in [-0.1, -0.05) is 18.2 Å². The predicted molar refractivity (Wildman–Crippen MR) is 78.4 cm³/mol. The number of benzene rings is 1. The number of hydrogen-bond acceptors (Lipinski definition) is 3. The fraction of sp³-hybridized carbons (Fsp3) is 0.182. The SMILES string of the molecule is N#Cc1c(CNC(N)=S)cccc1CNC(N)=S. The van der Waals surface area contributed by atoms with Crippen LogP contribution < -0.4 is 22.1 Å². The van der Waals surface area contributed by atoms with Crippen molar-refractivity contribution >= 4 is 34.7 Å². The third-order valence-corrected chi connectivity index (χ3v) is 2.54. The Balaban J connectivity index is 2.92. The summed E-state index contributed by atoms with van der Waals surface area (Å²) >= 11 is 9.46. The van der Waals surface area contributed by atoms with Gasteiger partial charge in [-0.25, -0.2) is 0 Å². The Morgan fingerprint density at radius 1 is 1.11 bits per heavy atom. The molecule has 0 amide bonds. The lowest BCUT2D eigenvalue weighted by atomic mass is 10.0. The van der Waals surface area contributed by atoms with Crippen molar-refractivity contribution in [2.45, 2.75) is 13.1 Å². The highest BCUT2D eigenvalue weighted by Gasteiger charge is 2.07. The van der Waals surface area contributed by atoms with Crippen LogP contribution in [0, 0.1) is 11.3 Å². The topological polar surface area (TPSA) is 99.9 Å². The standard InChI is InChI=1S/C11H13N5S2/c12-4-9-7(5-15-10(13)17)2-1-3-8(9)6-16-11(14)18/h1-3H,5-6H2,(H3,13,15,17)(H3,14,16,18). The van der Waals surface area contributed by atoms with Gasteiger partial charge in [-0.3, -0.25) is 0 Å². The second kappa shape index (κ2) is 6.74. The van der Waals surface area contributed by atoms with Gasteiger partial charge in [0, 0.05) is 13.1 Å². The maximum absolute atomic E-state index is 9.20. The third-order valence-electron chi connectivity index (χ3n) is 2.25. The van der Waals surface area contributed by atoms with E-state index in [-0.39, 0.29) is 10.2 Å². The molecule has 7 heteroatoms. The van der Waals surface area contributed by atoms with Gasteiger partial charge in [0.1, 0.15) is 0 Å². The van der Waals surface area contributed by atoms with Crippen molar-refractivity contribution in [3.05, 3.63) is 34.9 Å². The molecular weight excluding hydrogens is 266 g/mol. The first-order chi connectivity index (χ1) is 8.54. The molecule has 94 valence electrons. The molecule has 0 bridgehead atoms. The average Bonchev–Trinajstić information content (AvgIpc) is 2.33. The summed E-state index contributed by atoms with van der Waals surface area (Å²) in [6, 6.07) is 7.70. The minimum Gasteiger partial charge on any atom is -0.376 e. The van der Waals surface area contributed by atoms with Gasteiger partial charge in [-0.2, -0.15) is 5.26 Å². The second-order valence-electron chi connectivity index (χ2n) is 3.50. The van der Waals surface area contributed by atoms with Crippen LogP contribution in [0.15, 0.2) is 18.2 Å². The largest absolute Gasteiger partial charge is 0.376 e. The van der Waals surface area contributed by atoms with E-state index in [2.05, 4.69) is 16.7 Å². The van der Waals surface area contributed by atoms with E-state index < -0.39 is 0 Å². The highest BCUT2D eigenvalue weighted by molar-refractivity contribution is 7.80. The molecule has 6 N–H and O–H groups in total. The molecule has 18 heavy (non-hydrogen) atoms. The van der Waals surface area contributed by atoms with E-state index in [9.17, 15) is 5.26 Å². The maximum Gasteiger partial charge on any atom is 0.163 e. The van der Waals surface area contributed by atoms with Crippen molar-refractivity contribution in [3.63, 3.8) is 0 Å². The number of rotatable bonds is 4. The first-order valence-corrected chi connectivity index (χ1v) is 5.93. The van der Waals surface area contributed by atoms with E-state index in [0.29, 0.717) is 18.7 Å². The van der Waals surface area contributed by atoms with E-state index in [1.807, 2.05) is 18.2 Å². The van der Waals surface area contributed by atoms with Gasteiger partial charge in [-0.15, -0.1) is 0 Å². The van der Waals surface area contributed by atoms with Crippen LogP contribution in [-0.2, 0) is 13.1 Å². The molecule has 0 atom stereocenters. The number of nitrogens with zero attached hydrogens (tertiary/aromatic N) is 1. The summed E-state index contributed by atoms with van der Waals surface area (Å²) in [5, 5.41) is 15.2. The van der Waals surface area contributed by atoms with Crippen LogP contribution >= 0.6 is 24.4 Å². The smallest absolute Gasteiger partial charge is 0.163 e. The van der Waals surface area contributed by atoms with Crippen molar-refractivity contribution in [2.24, 2.45) is 11.5 Å². The number of nitrogens with two attached hydrogens (primary N) is 2. The van der Waals surface area contributed by atoms with Crippen molar-refractivity contribution in [1.82, 2.24) is 10.6 Å². The van der Waals surface area contributed by atoms with E-state index in [1.165, 1.54) is 0 Å². The Morgan fingerprint density at radius 3 is 1.89 bits per heavy atom. The molecule has 0 aliphatic heterocycles. The molecule has 0 radical (unpaired) electrons. The van der Waals surface area contributed by atoms with Gasteiger partial charge in [0.2, 0.25) is 0 Å². The average molecular weight is 279 g/mol. The van der Waals surface area contributed by atoms with Gasteiger partial charge in [0.15, 0.2) is 10.2 Å². The lowest BCUT2D eigenvalue weighted by molar-refractivity contribution is 0.884. The second-order valence-corrected chi connectivity index (χ2v) is 4.38. The Morgan fingerprint density at radius 2 is 1.56 bits per heavy atom. The Hall–Kier alpha value is -1.91. The van der Waals surface area contributed by atoms with Gasteiger partial charge < -0.3 is 22.1 Å². The molecule has 5 nitrogen and oxygen atoms in total. The molecule has 0 fully saturated rings. The normalized spacial score (nSPS) is 9.28. The minimum atomic E-state index is 0.200. The van der Waals surface area contributed by atoms with Crippen LogP contribution in [0.5, 0.6) is 0 Å². The molecule has 1 aromatic rings. The van der Waals surface area contributed by atoms with Crippen LogP contribution in [0.3, 0.4) is 0 Å². The third kappa shape index (κ3) is 4.16. The van der Waals surface area contributed by atoms with Crippen molar-refractivity contribution in [1.29, 1.82) is 5.26 Å². The summed E-state index contributed by atoms with van der Waals surface area (Å²) in [6.07, 6.45) is 0. The van der Waals surface area contributed by atoms with E-state index in [1.54, 1.807) is 0 Å². The number of hydrogen-bond donors (Lipinski definition) is 4. The Kier molecular flexibility index (Phi) is 5.30. The molecular formula is C11H13N5S2. The lowest BCUT2D eigenvalue weighted by Crippen LogP contribution is -2.30. The van der Waals surface area contributed by atoms with E-state index >= 15 is 0 Å². The first kappa shape index (κ1) is 14.2. The molecule has 1 rings (SSSR count). The van der Waals surface area contributed by atoms with Gasteiger partial charge in [0.25, 0.3) is 0 Å². The summed E-state index contributed by atoms with van der Waals surface area (Å²) in [5.41, 5.74) is 12.9. The molecule has 1 aromatic carbocycles. The summed E-state index contributed by atoms with van der Waals surface area (Å²) in [5.74, 6) is 0. The zero-order valence-corrected chi connectivity index (χ0v) is 11.2. The zero-order chi connectivity index (χ0) is 13.5. The lowest BCUT2D eigenvalue weighted by Gasteiger charge is -2.11. The summed E-state index contributed by atoms with van der Waals surface area (Å²) < 4.78 is 0. The quantitative estimate of drug-likeness (QED) is 0.585. The fourth-order valence-corrected chi connectivity index (χ4v) is 1.60. The highest BCUT2D eigenvalue weighted by Crippen LogP contribution is 2.13. The van der Waals surface area contributed by atoms with E-state index in [4.69, 9.17) is 35.9 Å².